The molecule has 0 radical (unpaired) electrons. The molecule has 16 heavy (non-hydrogen) atoms. The second kappa shape index (κ2) is 5.33. The van der Waals surface area contributed by atoms with E-state index in [1.54, 1.807) is 0 Å². The van der Waals surface area contributed by atoms with Crippen LogP contribution in [-0.2, 0) is 9.47 Å². The molecule has 0 N–H and O–H groups in total. The first kappa shape index (κ1) is 12.8. The maximum absolute atomic E-state index is 6.19. The second-order valence-corrected chi connectivity index (χ2v) is 9.59. The molecular formula is C12H26O2Si2. The van der Waals surface area contributed by atoms with Crippen molar-refractivity contribution >= 4 is 19.8 Å². The van der Waals surface area contributed by atoms with Crippen LogP contribution >= 0.6 is 0 Å². The van der Waals surface area contributed by atoms with Gasteiger partial charge in [0.1, 0.15) is 0 Å². The van der Waals surface area contributed by atoms with E-state index in [1.165, 1.54) is 55.2 Å². The summed E-state index contributed by atoms with van der Waals surface area (Å²) in [6.45, 7) is 4.41. The van der Waals surface area contributed by atoms with E-state index in [0.717, 1.165) is 13.2 Å². The van der Waals surface area contributed by atoms with Gasteiger partial charge in [-0.05, 0) is 44.9 Å². The van der Waals surface area contributed by atoms with Gasteiger partial charge >= 0.3 is 0 Å². The molecule has 4 heteroatoms. The Balaban J connectivity index is 1.98. The maximum atomic E-state index is 6.19. The minimum atomic E-state index is -0.101. The summed E-state index contributed by atoms with van der Waals surface area (Å²) in [5, 5.41) is 0.538. The Labute approximate surface area is 105 Å². The van der Waals surface area contributed by atoms with Crippen molar-refractivity contribution in [3.63, 3.8) is 0 Å². The predicted octanol–water partition coefficient (Wildman–Crippen LogP) is 0.752. The van der Waals surface area contributed by atoms with Gasteiger partial charge in [0, 0.05) is 23.5 Å². The molecule has 2 unspecified atom stereocenters. The van der Waals surface area contributed by atoms with E-state index >= 15 is 0 Å². The molecule has 2 fully saturated rings. The van der Waals surface area contributed by atoms with Crippen molar-refractivity contribution in [3.05, 3.63) is 0 Å². The number of ether oxygens (including phenoxy) is 2. The monoisotopic (exact) mass is 258 g/mol. The number of hydrogen-bond acceptors (Lipinski definition) is 2. The molecule has 2 aliphatic rings. The highest BCUT2D eigenvalue weighted by atomic mass is 28.2. The zero-order chi connectivity index (χ0) is 11.5. The topological polar surface area (TPSA) is 18.5 Å². The fourth-order valence-corrected chi connectivity index (χ4v) is 6.70. The number of hydrogen-bond donors (Lipinski definition) is 0. The van der Waals surface area contributed by atoms with Crippen molar-refractivity contribution in [3.8, 4) is 0 Å². The average Bonchev–Trinajstić information content (AvgIpc) is 2.30. The molecule has 2 rings (SSSR count). The van der Waals surface area contributed by atoms with Crippen LogP contribution in [-0.4, -0.2) is 43.4 Å². The third-order valence-corrected chi connectivity index (χ3v) is 7.56. The predicted molar refractivity (Wildman–Crippen MR) is 74.0 cm³/mol. The van der Waals surface area contributed by atoms with Gasteiger partial charge in [0.15, 0.2) is 0 Å². The first-order valence-electron chi connectivity index (χ1n) is 6.96. The summed E-state index contributed by atoms with van der Waals surface area (Å²) in [5.74, 6) is 0. The maximum Gasteiger partial charge on any atom is 0.0565 e. The van der Waals surface area contributed by atoms with Crippen LogP contribution in [0.1, 0.15) is 44.9 Å². The molecule has 2 nitrogen and oxygen atoms in total. The molecule has 0 aromatic heterocycles. The van der Waals surface area contributed by atoms with Crippen LogP contribution in [0.4, 0.5) is 0 Å². The third kappa shape index (κ3) is 2.97. The van der Waals surface area contributed by atoms with Crippen molar-refractivity contribution in [2.75, 3.05) is 13.2 Å². The Morgan fingerprint density at radius 3 is 2.25 bits per heavy atom. The van der Waals surface area contributed by atoms with E-state index in [9.17, 15) is 0 Å². The summed E-state index contributed by atoms with van der Waals surface area (Å²) in [6.07, 6.45) is 9.09. The van der Waals surface area contributed by atoms with Gasteiger partial charge in [-0.25, -0.2) is 0 Å². The SMILES string of the molecule is C[SiH2]C1(CC2([SiH3])CCCCO2)CCCCO1. The Morgan fingerprint density at radius 1 is 1.06 bits per heavy atom. The van der Waals surface area contributed by atoms with Gasteiger partial charge < -0.3 is 9.47 Å². The van der Waals surface area contributed by atoms with Crippen molar-refractivity contribution in [1.82, 2.24) is 0 Å². The van der Waals surface area contributed by atoms with Crippen molar-refractivity contribution in [2.45, 2.75) is 61.9 Å². The molecular weight excluding hydrogens is 232 g/mol. The highest BCUT2D eigenvalue weighted by Crippen LogP contribution is 2.36. The van der Waals surface area contributed by atoms with Crippen LogP contribution in [0, 0.1) is 0 Å². The van der Waals surface area contributed by atoms with Crippen LogP contribution in [0.25, 0.3) is 0 Å². The van der Waals surface area contributed by atoms with Crippen LogP contribution in [0.15, 0.2) is 0 Å². The van der Waals surface area contributed by atoms with E-state index in [-0.39, 0.29) is 20.0 Å². The van der Waals surface area contributed by atoms with Crippen molar-refractivity contribution < 1.29 is 9.47 Å². The van der Waals surface area contributed by atoms with Gasteiger partial charge in [0.2, 0.25) is 0 Å². The lowest BCUT2D eigenvalue weighted by molar-refractivity contribution is -0.0925. The second-order valence-electron chi connectivity index (χ2n) is 5.77. The van der Waals surface area contributed by atoms with Crippen LogP contribution in [0.5, 0.6) is 0 Å². The standard InChI is InChI=1S/C12H26O2Si2/c1-16-12(7-3-5-9-14-12)10-11(15)6-2-4-8-13-11/h2-10,16H2,1,15H3. The van der Waals surface area contributed by atoms with Gasteiger partial charge in [-0.3, -0.25) is 0 Å². The summed E-state index contributed by atoms with van der Waals surface area (Å²) in [7, 11) is 1.07. The lowest BCUT2D eigenvalue weighted by Crippen LogP contribution is -2.51. The minimum absolute atomic E-state index is 0.101. The normalized spacial score (nSPS) is 41.8. The van der Waals surface area contributed by atoms with Gasteiger partial charge in [-0.2, -0.15) is 0 Å². The lowest BCUT2D eigenvalue weighted by atomic mass is 9.97. The summed E-state index contributed by atoms with van der Waals surface area (Å²) in [6, 6.07) is 0. The first-order chi connectivity index (χ1) is 7.68. The summed E-state index contributed by atoms with van der Waals surface area (Å²) in [4.78, 5) is 0. The molecule has 2 saturated heterocycles. The highest BCUT2D eigenvalue weighted by molar-refractivity contribution is 6.38. The summed E-state index contributed by atoms with van der Waals surface area (Å²) >= 11 is 0. The van der Waals surface area contributed by atoms with Gasteiger partial charge in [-0.1, -0.05) is 6.55 Å². The summed E-state index contributed by atoms with van der Waals surface area (Å²) in [5.41, 5.74) is 0. The smallest absolute Gasteiger partial charge is 0.0565 e. The molecule has 2 atom stereocenters. The van der Waals surface area contributed by atoms with Gasteiger partial charge in [0.05, 0.1) is 20.0 Å². The molecule has 0 amide bonds. The van der Waals surface area contributed by atoms with Crippen LogP contribution in [0.2, 0.25) is 6.55 Å². The largest absolute Gasteiger partial charge is 0.379 e. The van der Waals surface area contributed by atoms with Crippen LogP contribution in [0.3, 0.4) is 0 Å². The van der Waals surface area contributed by atoms with E-state index in [0.29, 0.717) is 0 Å². The Morgan fingerprint density at radius 2 is 1.75 bits per heavy atom. The molecule has 0 saturated carbocycles. The molecule has 2 aliphatic heterocycles. The Bertz CT molecular complexity index is 221. The molecule has 0 aromatic rings. The molecule has 2 heterocycles. The fourth-order valence-electron chi connectivity index (χ4n) is 3.27. The Hall–Kier alpha value is 0.354. The summed E-state index contributed by atoms with van der Waals surface area (Å²) < 4.78 is 12.3. The van der Waals surface area contributed by atoms with Gasteiger partial charge in [-0.15, -0.1) is 0 Å². The lowest BCUT2D eigenvalue weighted by Gasteiger charge is -2.45. The van der Waals surface area contributed by atoms with E-state index in [1.807, 2.05) is 0 Å². The molecule has 0 spiro atoms. The molecule has 94 valence electrons. The van der Waals surface area contributed by atoms with Crippen LogP contribution < -0.4 is 0 Å². The average molecular weight is 259 g/mol. The third-order valence-electron chi connectivity index (χ3n) is 4.33. The minimum Gasteiger partial charge on any atom is -0.379 e. The zero-order valence-electron chi connectivity index (χ0n) is 10.9. The fraction of sp³-hybridized carbons (Fsp3) is 1.00. The van der Waals surface area contributed by atoms with Gasteiger partial charge in [0.25, 0.3) is 0 Å². The number of rotatable bonds is 3. The van der Waals surface area contributed by atoms with E-state index in [4.69, 9.17) is 9.47 Å². The molecule has 0 bridgehead atoms. The Kier molecular flexibility index (Phi) is 4.27. The first-order valence-corrected chi connectivity index (χ1v) is 10.1. The highest BCUT2D eigenvalue weighted by Gasteiger charge is 2.40. The molecule has 0 aromatic carbocycles. The molecule has 0 aliphatic carbocycles. The van der Waals surface area contributed by atoms with Crippen molar-refractivity contribution in [2.24, 2.45) is 0 Å². The quantitative estimate of drug-likeness (QED) is 0.696. The zero-order valence-corrected chi connectivity index (χ0v) is 14.3. The van der Waals surface area contributed by atoms with E-state index < -0.39 is 0 Å². The van der Waals surface area contributed by atoms with Crippen molar-refractivity contribution in [1.29, 1.82) is 0 Å². The van der Waals surface area contributed by atoms with E-state index in [2.05, 4.69) is 6.55 Å².